The van der Waals surface area contributed by atoms with Crippen LogP contribution in [0.3, 0.4) is 0 Å². The number of sulfonamides is 1. The first-order valence-electron chi connectivity index (χ1n) is 11.6. The standard InChI is InChI=1S/C25H31N3O5S/c1-17(2)23(25(30)26-22-11-10-18-6-3-4-9-21(18)22)27-24(29)19-7-5-8-20(16-19)34(31,32)28-12-14-33-15-13-28/h3-9,16-17,22-23H,10-15H2,1-2H3,(H,26,30)(H,27,29)/t22?,23-/m0/s1. The molecule has 1 heterocycles. The van der Waals surface area contributed by atoms with Crippen molar-refractivity contribution in [2.24, 2.45) is 5.92 Å². The first kappa shape index (κ1) is 24.4. The molecular weight excluding hydrogens is 454 g/mol. The molecule has 0 saturated carbocycles. The van der Waals surface area contributed by atoms with E-state index in [1.54, 1.807) is 12.1 Å². The number of morpholine rings is 1. The maximum Gasteiger partial charge on any atom is 0.251 e. The van der Waals surface area contributed by atoms with Crippen molar-refractivity contribution in [3.63, 3.8) is 0 Å². The maximum atomic E-state index is 13.1. The van der Waals surface area contributed by atoms with E-state index < -0.39 is 22.0 Å². The van der Waals surface area contributed by atoms with Gasteiger partial charge >= 0.3 is 0 Å². The van der Waals surface area contributed by atoms with E-state index in [2.05, 4.69) is 16.7 Å². The lowest BCUT2D eigenvalue weighted by atomic mass is 10.0. The van der Waals surface area contributed by atoms with Gasteiger partial charge in [0.2, 0.25) is 15.9 Å². The molecule has 9 heteroatoms. The molecule has 2 aromatic rings. The number of hydrogen-bond donors (Lipinski definition) is 2. The quantitative estimate of drug-likeness (QED) is 0.626. The summed E-state index contributed by atoms with van der Waals surface area (Å²) in [6.45, 7) is 4.97. The molecule has 8 nitrogen and oxygen atoms in total. The summed E-state index contributed by atoms with van der Waals surface area (Å²) in [5.74, 6) is -0.886. The Balaban J connectivity index is 1.47. The van der Waals surface area contributed by atoms with Gasteiger partial charge in [-0.15, -0.1) is 0 Å². The molecule has 2 aromatic carbocycles. The zero-order valence-electron chi connectivity index (χ0n) is 19.5. The minimum absolute atomic E-state index is 0.0511. The molecule has 182 valence electrons. The van der Waals surface area contributed by atoms with Gasteiger partial charge in [-0.2, -0.15) is 4.31 Å². The van der Waals surface area contributed by atoms with E-state index in [0.29, 0.717) is 13.2 Å². The molecule has 2 N–H and O–H groups in total. The summed E-state index contributed by atoms with van der Waals surface area (Å²) in [7, 11) is -3.73. The Kier molecular flexibility index (Phi) is 7.35. The summed E-state index contributed by atoms with van der Waals surface area (Å²) in [5.41, 5.74) is 2.54. The van der Waals surface area contributed by atoms with E-state index >= 15 is 0 Å². The van der Waals surface area contributed by atoms with E-state index in [9.17, 15) is 18.0 Å². The SMILES string of the molecule is CC(C)[C@H](NC(=O)c1cccc(S(=O)(=O)N2CCOCC2)c1)C(=O)NC1CCc2ccccc21. The van der Waals surface area contributed by atoms with Gasteiger partial charge in [0.05, 0.1) is 24.2 Å². The van der Waals surface area contributed by atoms with E-state index in [1.165, 1.54) is 22.0 Å². The molecule has 0 radical (unpaired) electrons. The summed E-state index contributed by atoms with van der Waals surface area (Å²) < 4.78 is 32.5. The number of carbonyl (C=O) groups excluding carboxylic acids is 2. The molecule has 0 spiro atoms. The van der Waals surface area contributed by atoms with Gasteiger partial charge in [0.25, 0.3) is 5.91 Å². The lowest BCUT2D eigenvalue weighted by Gasteiger charge is -2.26. The number of amides is 2. The molecular formula is C25H31N3O5S. The van der Waals surface area contributed by atoms with Gasteiger partial charge in [-0.05, 0) is 48.1 Å². The molecule has 4 rings (SSSR count). The average Bonchev–Trinajstić information content (AvgIpc) is 3.25. The number of fused-ring (bicyclic) bond motifs is 1. The first-order valence-corrected chi connectivity index (χ1v) is 13.1. The fourth-order valence-electron chi connectivity index (χ4n) is 4.46. The molecule has 34 heavy (non-hydrogen) atoms. The number of benzene rings is 2. The molecule has 2 amide bonds. The monoisotopic (exact) mass is 485 g/mol. The zero-order valence-corrected chi connectivity index (χ0v) is 20.3. The molecule has 1 aliphatic heterocycles. The Bertz CT molecular complexity index is 1160. The molecule has 2 atom stereocenters. The summed E-state index contributed by atoms with van der Waals surface area (Å²) in [6, 6.07) is 13.2. The van der Waals surface area contributed by atoms with Crippen LogP contribution in [0.5, 0.6) is 0 Å². The van der Waals surface area contributed by atoms with Crippen LogP contribution in [0.2, 0.25) is 0 Å². The highest BCUT2D eigenvalue weighted by atomic mass is 32.2. The fourth-order valence-corrected chi connectivity index (χ4v) is 5.92. The Labute approximate surface area is 200 Å². The van der Waals surface area contributed by atoms with Crippen LogP contribution in [0.4, 0.5) is 0 Å². The van der Waals surface area contributed by atoms with Crippen LogP contribution in [0, 0.1) is 5.92 Å². The number of nitrogens with zero attached hydrogens (tertiary/aromatic N) is 1. The average molecular weight is 486 g/mol. The third kappa shape index (κ3) is 5.16. The van der Waals surface area contributed by atoms with E-state index in [-0.39, 0.29) is 41.4 Å². The minimum atomic E-state index is -3.73. The van der Waals surface area contributed by atoms with Crippen molar-refractivity contribution < 1.29 is 22.7 Å². The van der Waals surface area contributed by atoms with Crippen LogP contribution in [-0.4, -0.2) is 56.9 Å². The highest BCUT2D eigenvalue weighted by Crippen LogP contribution is 2.30. The van der Waals surface area contributed by atoms with Gasteiger partial charge in [-0.1, -0.05) is 44.2 Å². The second-order valence-electron chi connectivity index (χ2n) is 9.04. The van der Waals surface area contributed by atoms with Crippen molar-refractivity contribution in [3.05, 3.63) is 65.2 Å². The van der Waals surface area contributed by atoms with Crippen molar-refractivity contribution in [1.82, 2.24) is 14.9 Å². The van der Waals surface area contributed by atoms with Gasteiger partial charge in [0, 0.05) is 18.7 Å². The van der Waals surface area contributed by atoms with Crippen molar-refractivity contribution in [2.45, 2.75) is 43.7 Å². The topological polar surface area (TPSA) is 105 Å². The molecule has 0 aromatic heterocycles. The Hall–Kier alpha value is -2.75. The van der Waals surface area contributed by atoms with Gasteiger partial charge in [0.1, 0.15) is 6.04 Å². The number of aryl methyl sites for hydroxylation is 1. The number of nitrogens with one attached hydrogen (secondary N) is 2. The second kappa shape index (κ2) is 10.2. The normalized spacial score (nSPS) is 19.4. The molecule has 1 unspecified atom stereocenters. The Morgan fingerprint density at radius 1 is 1.06 bits per heavy atom. The summed E-state index contributed by atoms with van der Waals surface area (Å²) in [4.78, 5) is 26.2. The van der Waals surface area contributed by atoms with Crippen LogP contribution in [-0.2, 0) is 26.0 Å². The number of carbonyl (C=O) groups is 2. The van der Waals surface area contributed by atoms with Crippen LogP contribution in [0.1, 0.15) is 47.8 Å². The van der Waals surface area contributed by atoms with Gasteiger partial charge in [0.15, 0.2) is 0 Å². The number of ether oxygens (including phenoxy) is 1. The third-order valence-corrected chi connectivity index (χ3v) is 8.28. The second-order valence-corrected chi connectivity index (χ2v) is 11.0. The predicted molar refractivity (Wildman–Crippen MR) is 128 cm³/mol. The van der Waals surface area contributed by atoms with Crippen LogP contribution >= 0.6 is 0 Å². The molecule has 2 aliphatic rings. The lowest BCUT2D eigenvalue weighted by Crippen LogP contribution is -2.50. The molecule has 1 fully saturated rings. The highest BCUT2D eigenvalue weighted by Gasteiger charge is 2.31. The Morgan fingerprint density at radius 3 is 2.53 bits per heavy atom. The van der Waals surface area contributed by atoms with Crippen molar-refractivity contribution in [2.75, 3.05) is 26.3 Å². The number of hydrogen-bond acceptors (Lipinski definition) is 5. The van der Waals surface area contributed by atoms with E-state index in [4.69, 9.17) is 4.74 Å². The van der Waals surface area contributed by atoms with Gasteiger partial charge in [-0.25, -0.2) is 8.42 Å². The highest BCUT2D eigenvalue weighted by molar-refractivity contribution is 7.89. The summed E-state index contributed by atoms with van der Waals surface area (Å²) in [6.07, 6.45) is 1.73. The van der Waals surface area contributed by atoms with E-state index in [0.717, 1.165) is 18.4 Å². The smallest absolute Gasteiger partial charge is 0.251 e. The van der Waals surface area contributed by atoms with E-state index in [1.807, 2.05) is 32.0 Å². The van der Waals surface area contributed by atoms with Gasteiger partial charge in [-0.3, -0.25) is 9.59 Å². The number of rotatable bonds is 7. The first-order chi connectivity index (χ1) is 16.3. The van der Waals surface area contributed by atoms with Crippen molar-refractivity contribution in [3.8, 4) is 0 Å². The van der Waals surface area contributed by atoms with Gasteiger partial charge < -0.3 is 15.4 Å². The van der Waals surface area contributed by atoms with Crippen molar-refractivity contribution in [1.29, 1.82) is 0 Å². The summed E-state index contributed by atoms with van der Waals surface area (Å²) in [5, 5.41) is 5.89. The predicted octanol–water partition coefficient (Wildman–Crippen LogP) is 2.27. The van der Waals surface area contributed by atoms with Crippen LogP contribution in [0.25, 0.3) is 0 Å². The summed E-state index contributed by atoms with van der Waals surface area (Å²) >= 11 is 0. The molecule has 1 aliphatic carbocycles. The molecule has 0 bridgehead atoms. The largest absolute Gasteiger partial charge is 0.379 e. The fraction of sp³-hybridized carbons (Fsp3) is 0.440. The van der Waals surface area contributed by atoms with Crippen LogP contribution in [0.15, 0.2) is 53.4 Å². The Morgan fingerprint density at radius 2 is 1.79 bits per heavy atom. The molecule has 1 saturated heterocycles. The third-order valence-electron chi connectivity index (χ3n) is 6.39. The zero-order chi connectivity index (χ0) is 24.3. The lowest BCUT2D eigenvalue weighted by molar-refractivity contribution is -0.124. The van der Waals surface area contributed by atoms with Crippen molar-refractivity contribution >= 4 is 21.8 Å². The van der Waals surface area contributed by atoms with Crippen LogP contribution < -0.4 is 10.6 Å². The minimum Gasteiger partial charge on any atom is -0.379 e. The maximum absolute atomic E-state index is 13.1.